The molecule has 3 N–H and O–H groups in total. The number of likely N-dealkylation sites (N-methyl/N-ethyl adjacent to an activating group) is 1. The molecule has 6 rings (SSSR count). The number of carbonyl (C=O) groups is 2. The van der Waals surface area contributed by atoms with Crippen LogP contribution in [0.4, 0.5) is 5.69 Å². The van der Waals surface area contributed by atoms with Crippen molar-refractivity contribution in [3.8, 4) is 0 Å². The van der Waals surface area contributed by atoms with E-state index < -0.39 is 34.5 Å². The van der Waals surface area contributed by atoms with Crippen LogP contribution < -0.4 is 10.2 Å². The van der Waals surface area contributed by atoms with E-state index >= 15 is 0 Å². The van der Waals surface area contributed by atoms with Gasteiger partial charge in [0.2, 0.25) is 0 Å². The van der Waals surface area contributed by atoms with Crippen LogP contribution >= 0.6 is 11.6 Å². The van der Waals surface area contributed by atoms with E-state index in [1.165, 1.54) is 6.92 Å². The predicted octanol–water partition coefficient (Wildman–Crippen LogP) is 3.04. The highest BCUT2D eigenvalue weighted by Gasteiger charge is 2.77. The summed E-state index contributed by atoms with van der Waals surface area (Å²) in [5.74, 6) is -0.846. The van der Waals surface area contributed by atoms with E-state index in [1.54, 1.807) is 24.3 Å². The van der Waals surface area contributed by atoms with Gasteiger partial charge >= 0.3 is 5.97 Å². The van der Waals surface area contributed by atoms with E-state index in [2.05, 4.69) is 40.3 Å². The molecule has 0 aromatic heterocycles. The van der Waals surface area contributed by atoms with Gasteiger partial charge in [0.25, 0.3) is 5.91 Å². The summed E-state index contributed by atoms with van der Waals surface area (Å²) in [5.41, 5.74) is 0.399. The summed E-state index contributed by atoms with van der Waals surface area (Å²) in [4.78, 5) is 30.5. The van der Waals surface area contributed by atoms with Crippen molar-refractivity contribution in [2.24, 2.45) is 5.41 Å². The van der Waals surface area contributed by atoms with Gasteiger partial charge in [-0.2, -0.15) is 0 Å². The van der Waals surface area contributed by atoms with Crippen molar-refractivity contribution in [2.75, 3.05) is 31.6 Å². The standard InChI is InChI=1S/C31H36ClN3O5/c1-4-29-11-6-13-35-14-12-30(26(29)35)23-10-9-20(17-36)15-24(23)34(3)27(30)31(39,28(29)40-19(2)37)18-33-25(38)21-7-5-8-22(32)16-21/h5-11,15-16,26-28,36,39H,4,12-14,17-18H2,1-3H3,(H,33,38)/t26-,27+,28+,29+,30+,31?/m0/s1. The van der Waals surface area contributed by atoms with Gasteiger partial charge in [0.05, 0.1) is 19.2 Å². The number of halogens is 1. The summed E-state index contributed by atoms with van der Waals surface area (Å²) < 4.78 is 6.14. The number of fused-ring (bicyclic) bond motifs is 1. The van der Waals surface area contributed by atoms with Crippen molar-refractivity contribution >= 4 is 29.2 Å². The zero-order chi connectivity index (χ0) is 28.4. The maximum Gasteiger partial charge on any atom is 0.303 e. The Bertz CT molecular complexity index is 1400. The van der Waals surface area contributed by atoms with Gasteiger partial charge in [-0.3, -0.25) is 14.5 Å². The lowest BCUT2D eigenvalue weighted by atomic mass is 9.47. The Morgan fingerprint density at radius 1 is 1.20 bits per heavy atom. The maximum absolute atomic E-state index is 13.3. The van der Waals surface area contributed by atoms with E-state index in [4.69, 9.17) is 16.3 Å². The van der Waals surface area contributed by atoms with Crippen molar-refractivity contribution in [3.05, 3.63) is 76.3 Å². The summed E-state index contributed by atoms with van der Waals surface area (Å²) in [7, 11) is 1.95. The van der Waals surface area contributed by atoms with Crippen molar-refractivity contribution in [3.63, 3.8) is 0 Å². The van der Waals surface area contributed by atoms with Crippen molar-refractivity contribution in [1.82, 2.24) is 10.2 Å². The third-order valence-electron chi connectivity index (χ3n) is 9.88. The number of nitrogens with one attached hydrogen (secondary N) is 1. The molecule has 0 bridgehead atoms. The smallest absolute Gasteiger partial charge is 0.303 e. The van der Waals surface area contributed by atoms with Crippen LogP contribution in [0.25, 0.3) is 0 Å². The van der Waals surface area contributed by atoms with Crippen LogP contribution in [0.3, 0.4) is 0 Å². The lowest BCUT2D eigenvalue weighted by Gasteiger charge is -2.64. The SMILES string of the molecule is CC[C@]12C=CCN3CC[C@@]4(c5ccc(CO)cc5N(C)[C@H]4C(O)(CNC(=O)c4cccc(Cl)c4)[C@@H]1OC(C)=O)[C@@H]32. The monoisotopic (exact) mass is 565 g/mol. The number of benzene rings is 2. The van der Waals surface area contributed by atoms with Gasteiger partial charge < -0.3 is 25.2 Å². The van der Waals surface area contributed by atoms with Crippen LogP contribution in [0.2, 0.25) is 5.02 Å². The predicted molar refractivity (Wildman–Crippen MR) is 152 cm³/mol. The van der Waals surface area contributed by atoms with Gasteiger partial charge in [0.1, 0.15) is 11.7 Å². The number of hydrogen-bond donors (Lipinski definition) is 3. The number of nitrogens with zero attached hydrogens (tertiary/aromatic N) is 2. The number of aliphatic hydroxyl groups excluding tert-OH is 1. The number of aliphatic hydroxyl groups is 2. The van der Waals surface area contributed by atoms with E-state index in [0.717, 1.165) is 36.3 Å². The van der Waals surface area contributed by atoms with Crippen LogP contribution in [-0.4, -0.2) is 77.5 Å². The normalized spacial score (nSPS) is 33.8. The number of rotatable bonds is 6. The molecule has 212 valence electrons. The van der Waals surface area contributed by atoms with Crippen molar-refractivity contribution < 1.29 is 24.5 Å². The number of carbonyl (C=O) groups excluding carboxylic acids is 2. The molecule has 6 atom stereocenters. The number of hydrogen-bond acceptors (Lipinski definition) is 7. The van der Waals surface area contributed by atoms with Crippen molar-refractivity contribution in [1.29, 1.82) is 0 Å². The molecule has 1 unspecified atom stereocenters. The maximum atomic E-state index is 13.3. The Morgan fingerprint density at radius 2 is 2.00 bits per heavy atom. The lowest BCUT2D eigenvalue weighted by Crippen LogP contribution is -2.81. The van der Waals surface area contributed by atoms with Gasteiger partial charge in [-0.1, -0.05) is 48.9 Å². The molecular weight excluding hydrogens is 530 g/mol. The number of amides is 1. The molecule has 1 aliphatic carbocycles. The molecule has 2 aromatic carbocycles. The number of esters is 1. The first-order valence-corrected chi connectivity index (χ1v) is 14.3. The van der Waals surface area contributed by atoms with Gasteiger partial charge in [-0.05, 0) is 54.8 Å². The summed E-state index contributed by atoms with van der Waals surface area (Å²) in [6.45, 7) is 4.85. The highest BCUT2D eigenvalue weighted by molar-refractivity contribution is 6.30. The first kappa shape index (κ1) is 27.3. The van der Waals surface area contributed by atoms with Gasteiger partial charge in [0.15, 0.2) is 0 Å². The van der Waals surface area contributed by atoms with Crippen LogP contribution in [0.1, 0.15) is 48.2 Å². The number of ether oxygens (including phenoxy) is 1. The molecule has 1 spiro atoms. The van der Waals surface area contributed by atoms with Gasteiger partial charge in [-0.15, -0.1) is 0 Å². The van der Waals surface area contributed by atoms with Gasteiger partial charge in [-0.25, -0.2) is 0 Å². The van der Waals surface area contributed by atoms with E-state index in [-0.39, 0.29) is 25.1 Å². The first-order chi connectivity index (χ1) is 19.1. The minimum absolute atomic E-state index is 0.0306. The minimum Gasteiger partial charge on any atom is -0.458 e. The molecule has 9 heteroatoms. The summed E-state index contributed by atoms with van der Waals surface area (Å²) in [6, 6.07) is 12.2. The Labute approximate surface area is 239 Å². The zero-order valence-corrected chi connectivity index (χ0v) is 23.8. The third-order valence-corrected chi connectivity index (χ3v) is 10.1. The largest absolute Gasteiger partial charge is 0.458 e. The molecular formula is C31H36ClN3O5. The third kappa shape index (κ3) is 3.62. The fourth-order valence-corrected chi connectivity index (χ4v) is 8.82. The second-order valence-electron chi connectivity index (χ2n) is 11.8. The molecule has 3 heterocycles. The molecule has 1 saturated heterocycles. The summed E-state index contributed by atoms with van der Waals surface area (Å²) >= 11 is 6.15. The fourth-order valence-electron chi connectivity index (χ4n) is 8.63. The van der Waals surface area contributed by atoms with Crippen LogP contribution in [0.15, 0.2) is 54.6 Å². The summed E-state index contributed by atoms with van der Waals surface area (Å²) in [5, 5.41) is 26.4. The Hall–Kier alpha value is -2.91. The Balaban J connectivity index is 1.54. The lowest BCUT2D eigenvalue weighted by molar-refractivity contribution is -0.216. The second kappa shape index (κ2) is 9.58. The van der Waals surface area contributed by atoms with Crippen LogP contribution in [-0.2, 0) is 21.6 Å². The summed E-state index contributed by atoms with van der Waals surface area (Å²) in [6.07, 6.45) is 4.79. The van der Waals surface area contributed by atoms with E-state index in [0.29, 0.717) is 17.0 Å². The molecule has 2 fully saturated rings. The molecule has 40 heavy (non-hydrogen) atoms. The number of anilines is 1. The Kier molecular flexibility index (Phi) is 6.53. The van der Waals surface area contributed by atoms with E-state index in [1.807, 2.05) is 19.2 Å². The quantitative estimate of drug-likeness (QED) is 0.365. The Morgan fingerprint density at radius 3 is 2.70 bits per heavy atom. The fraction of sp³-hybridized carbons (Fsp3) is 0.484. The molecule has 8 nitrogen and oxygen atoms in total. The van der Waals surface area contributed by atoms with Gasteiger partial charge in [0, 0.05) is 53.7 Å². The molecule has 1 amide bonds. The second-order valence-corrected chi connectivity index (χ2v) is 12.2. The zero-order valence-electron chi connectivity index (χ0n) is 23.1. The highest BCUT2D eigenvalue weighted by Crippen LogP contribution is 2.67. The average molecular weight is 566 g/mol. The minimum atomic E-state index is -1.66. The average Bonchev–Trinajstić information content (AvgIpc) is 3.46. The molecule has 0 radical (unpaired) electrons. The van der Waals surface area contributed by atoms with E-state index in [9.17, 15) is 19.8 Å². The molecule has 2 aromatic rings. The molecule has 4 aliphatic rings. The van der Waals surface area contributed by atoms with Crippen LogP contribution in [0, 0.1) is 5.41 Å². The molecule has 1 saturated carbocycles. The highest BCUT2D eigenvalue weighted by atomic mass is 35.5. The van der Waals surface area contributed by atoms with Crippen LogP contribution in [0.5, 0.6) is 0 Å². The van der Waals surface area contributed by atoms with Crippen molar-refractivity contribution in [2.45, 2.75) is 62.5 Å². The topological polar surface area (TPSA) is 102 Å². The first-order valence-electron chi connectivity index (χ1n) is 13.9. The molecule has 3 aliphatic heterocycles.